The molecule has 0 spiro atoms. The van der Waals surface area contributed by atoms with Crippen LogP contribution in [0.3, 0.4) is 0 Å². The third-order valence-electron chi connectivity index (χ3n) is 2.82. The minimum atomic E-state index is -0.575. The van der Waals surface area contributed by atoms with E-state index in [4.69, 9.17) is 0 Å². The Morgan fingerprint density at radius 2 is 1.59 bits per heavy atom. The van der Waals surface area contributed by atoms with Crippen LogP contribution in [0.25, 0.3) is 0 Å². The summed E-state index contributed by atoms with van der Waals surface area (Å²) in [5, 5.41) is 0. The largest absolute Gasteiger partial charge is 0.299 e. The third-order valence-corrected chi connectivity index (χ3v) is 2.82. The molecule has 90 valence electrons. The van der Waals surface area contributed by atoms with Crippen LogP contribution in [-0.4, -0.2) is 11.6 Å². The summed E-state index contributed by atoms with van der Waals surface area (Å²) < 4.78 is 0. The van der Waals surface area contributed by atoms with Gasteiger partial charge >= 0.3 is 0 Å². The maximum absolute atomic E-state index is 11.6. The third kappa shape index (κ3) is 3.38. The molecule has 0 fully saturated rings. The van der Waals surface area contributed by atoms with Crippen molar-refractivity contribution in [1.29, 1.82) is 0 Å². The number of allylic oxidation sites excluding steroid dienone is 2. The highest BCUT2D eigenvalue weighted by Gasteiger charge is 2.28. The van der Waals surface area contributed by atoms with Crippen LogP contribution in [0.15, 0.2) is 42.5 Å². The fraction of sp³-hybridized carbons (Fsp3) is 0.333. The molecule has 0 saturated carbocycles. The SMILES string of the molecule is C/C=C/C(c1ccccc1)C(C(C)=O)C(C)=O. The topological polar surface area (TPSA) is 34.1 Å². The molecule has 0 bridgehead atoms. The maximum atomic E-state index is 11.6. The summed E-state index contributed by atoms with van der Waals surface area (Å²) in [4.78, 5) is 23.2. The van der Waals surface area contributed by atoms with Gasteiger partial charge < -0.3 is 0 Å². The zero-order chi connectivity index (χ0) is 12.8. The van der Waals surface area contributed by atoms with Crippen LogP contribution >= 0.6 is 0 Å². The minimum Gasteiger partial charge on any atom is -0.299 e. The normalized spacial score (nSPS) is 12.9. The lowest BCUT2D eigenvalue weighted by Gasteiger charge is -2.20. The second kappa shape index (κ2) is 6.14. The summed E-state index contributed by atoms with van der Waals surface area (Å²) in [7, 11) is 0. The first-order valence-corrected chi connectivity index (χ1v) is 5.76. The molecule has 0 aliphatic carbocycles. The fourth-order valence-corrected chi connectivity index (χ4v) is 2.09. The molecule has 0 amide bonds. The van der Waals surface area contributed by atoms with Gasteiger partial charge in [0.1, 0.15) is 11.6 Å². The Morgan fingerprint density at radius 3 is 2.00 bits per heavy atom. The number of carbonyl (C=O) groups is 2. The van der Waals surface area contributed by atoms with E-state index >= 15 is 0 Å². The molecule has 1 rings (SSSR count). The van der Waals surface area contributed by atoms with E-state index in [-0.39, 0.29) is 17.5 Å². The molecule has 0 N–H and O–H groups in total. The van der Waals surface area contributed by atoms with Crippen LogP contribution in [0.1, 0.15) is 32.3 Å². The molecule has 0 heterocycles. The van der Waals surface area contributed by atoms with E-state index in [0.717, 1.165) is 5.56 Å². The first-order valence-electron chi connectivity index (χ1n) is 5.76. The van der Waals surface area contributed by atoms with Crippen LogP contribution in [-0.2, 0) is 9.59 Å². The summed E-state index contributed by atoms with van der Waals surface area (Å²) in [6.45, 7) is 4.85. The zero-order valence-corrected chi connectivity index (χ0v) is 10.5. The van der Waals surface area contributed by atoms with Gasteiger partial charge in [0.2, 0.25) is 0 Å². The first-order chi connectivity index (χ1) is 8.07. The van der Waals surface area contributed by atoms with E-state index < -0.39 is 5.92 Å². The number of hydrogen-bond acceptors (Lipinski definition) is 2. The molecular formula is C15H18O2. The molecule has 17 heavy (non-hydrogen) atoms. The van der Waals surface area contributed by atoms with Crippen LogP contribution in [0.2, 0.25) is 0 Å². The number of hydrogen-bond donors (Lipinski definition) is 0. The number of carbonyl (C=O) groups excluding carboxylic acids is 2. The molecule has 2 heteroatoms. The number of rotatable bonds is 5. The molecule has 1 aromatic carbocycles. The second-order valence-electron chi connectivity index (χ2n) is 4.16. The van der Waals surface area contributed by atoms with Gasteiger partial charge in [0.25, 0.3) is 0 Å². The molecule has 0 aliphatic rings. The predicted octanol–water partition coefficient (Wildman–Crippen LogP) is 3.14. The lowest BCUT2D eigenvalue weighted by Crippen LogP contribution is -2.26. The van der Waals surface area contributed by atoms with Crippen molar-refractivity contribution >= 4 is 11.6 Å². The molecule has 1 aromatic rings. The Morgan fingerprint density at radius 1 is 1.06 bits per heavy atom. The first kappa shape index (κ1) is 13.4. The molecule has 1 atom stereocenters. The van der Waals surface area contributed by atoms with E-state index in [2.05, 4.69) is 0 Å². The molecule has 0 aromatic heterocycles. The summed E-state index contributed by atoms with van der Waals surface area (Å²) in [5.41, 5.74) is 1.00. The maximum Gasteiger partial charge on any atom is 0.141 e. The molecule has 0 radical (unpaired) electrons. The quantitative estimate of drug-likeness (QED) is 0.575. The highest BCUT2D eigenvalue weighted by Crippen LogP contribution is 2.27. The molecule has 2 nitrogen and oxygen atoms in total. The lowest BCUT2D eigenvalue weighted by atomic mass is 9.81. The van der Waals surface area contributed by atoms with Crippen LogP contribution in [0.4, 0.5) is 0 Å². The van der Waals surface area contributed by atoms with E-state index in [9.17, 15) is 9.59 Å². The van der Waals surface area contributed by atoms with E-state index in [1.165, 1.54) is 13.8 Å². The van der Waals surface area contributed by atoms with E-state index in [1.807, 2.05) is 49.4 Å². The predicted molar refractivity (Wildman–Crippen MR) is 68.8 cm³/mol. The van der Waals surface area contributed by atoms with Gasteiger partial charge in [0.15, 0.2) is 0 Å². The van der Waals surface area contributed by atoms with Gasteiger partial charge in [-0.2, -0.15) is 0 Å². The average Bonchev–Trinajstić information content (AvgIpc) is 2.28. The van der Waals surface area contributed by atoms with Gasteiger partial charge in [0.05, 0.1) is 5.92 Å². The standard InChI is InChI=1S/C15H18O2/c1-4-8-14(13-9-6-5-7-10-13)15(11(2)16)12(3)17/h4-10,14-15H,1-3H3/b8-4+. The highest BCUT2D eigenvalue weighted by molar-refractivity contribution is 6.01. The van der Waals surface area contributed by atoms with Gasteiger partial charge in [0, 0.05) is 5.92 Å². The Labute approximate surface area is 102 Å². The van der Waals surface area contributed by atoms with Crippen molar-refractivity contribution in [1.82, 2.24) is 0 Å². The molecule has 1 unspecified atom stereocenters. The van der Waals surface area contributed by atoms with Crippen molar-refractivity contribution in [2.75, 3.05) is 0 Å². The number of Topliss-reactive ketones (excluding diaryl/α,β-unsaturated/α-hetero) is 2. The van der Waals surface area contributed by atoms with Gasteiger partial charge in [-0.1, -0.05) is 42.5 Å². The Bertz CT molecular complexity index is 404. The van der Waals surface area contributed by atoms with Crippen molar-refractivity contribution in [3.63, 3.8) is 0 Å². The lowest BCUT2D eigenvalue weighted by molar-refractivity contribution is -0.130. The molecular weight excluding hydrogens is 212 g/mol. The Hall–Kier alpha value is -1.70. The average molecular weight is 230 g/mol. The van der Waals surface area contributed by atoms with E-state index in [0.29, 0.717) is 0 Å². The van der Waals surface area contributed by atoms with Crippen molar-refractivity contribution < 1.29 is 9.59 Å². The minimum absolute atomic E-state index is 0.0792. The van der Waals surface area contributed by atoms with Gasteiger partial charge in [-0.15, -0.1) is 0 Å². The number of ketones is 2. The summed E-state index contributed by atoms with van der Waals surface area (Å²) >= 11 is 0. The number of benzene rings is 1. The van der Waals surface area contributed by atoms with E-state index in [1.54, 1.807) is 0 Å². The van der Waals surface area contributed by atoms with Crippen molar-refractivity contribution in [2.45, 2.75) is 26.7 Å². The second-order valence-corrected chi connectivity index (χ2v) is 4.16. The Kier molecular flexibility index (Phi) is 4.83. The van der Waals surface area contributed by atoms with Crippen LogP contribution < -0.4 is 0 Å². The monoisotopic (exact) mass is 230 g/mol. The smallest absolute Gasteiger partial charge is 0.141 e. The van der Waals surface area contributed by atoms with Crippen molar-refractivity contribution in [3.05, 3.63) is 48.0 Å². The molecule has 0 saturated heterocycles. The summed E-state index contributed by atoms with van der Waals surface area (Å²) in [5.74, 6) is -0.890. The van der Waals surface area contributed by atoms with Crippen molar-refractivity contribution in [2.24, 2.45) is 5.92 Å². The van der Waals surface area contributed by atoms with Gasteiger partial charge in [-0.05, 0) is 26.3 Å². The Balaban J connectivity index is 3.16. The van der Waals surface area contributed by atoms with Gasteiger partial charge in [-0.25, -0.2) is 0 Å². The summed E-state index contributed by atoms with van der Waals surface area (Å²) in [6, 6.07) is 9.66. The molecule has 0 aliphatic heterocycles. The zero-order valence-electron chi connectivity index (χ0n) is 10.5. The van der Waals surface area contributed by atoms with Crippen LogP contribution in [0, 0.1) is 5.92 Å². The summed E-state index contributed by atoms with van der Waals surface area (Å²) in [6.07, 6.45) is 3.80. The fourth-order valence-electron chi connectivity index (χ4n) is 2.09. The van der Waals surface area contributed by atoms with Crippen molar-refractivity contribution in [3.8, 4) is 0 Å². The van der Waals surface area contributed by atoms with Crippen LogP contribution in [0.5, 0.6) is 0 Å². The highest BCUT2D eigenvalue weighted by atomic mass is 16.1. The van der Waals surface area contributed by atoms with Gasteiger partial charge in [-0.3, -0.25) is 9.59 Å².